The van der Waals surface area contributed by atoms with E-state index in [9.17, 15) is 18.0 Å². The molecule has 0 saturated carbocycles. The number of anilines is 1. The van der Waals surface area contributed by atoms with Crippen LogP contribution in [0.1, 0.15) is 10.4 Å². The van der Waals surface area contributed by atoms with E-state index in [-0.39, 0.29) is 5.91 Å². The third-order valence-electron chi connectivity index (χ3n) is 1.87. The van der Waals surface area contributed by atoms with Crippen molar-refractivity contribution in [1.29, 1.82) is 0 Å². The smallest absolute Gasteiger partial charge is 0.376 e. The van der Waals surface area contributed by atoms with Gasteiger partial charge in [-0.25, -0.2) is 0 Å². The van der Waals surface area contributed by atoms with E-state index in [0.717, 1.165) is 0 Å². The molecular formula is C10H11F3N2O. The molecule has 0 fully saturated rings. The summed E-state index contributed by atoms with van der Waals surface area (Å²) in [6.07, 6.45) is -4.25. The minimum Gasteiger partial charge on any atom is -0.376 e. The van der Waals surface area contributed by atoms with Crippen LogP contribution < -0.4 is 10.6 Å². The van der Waals surface area contributed by atoms with Crippen molar-refractivity contribution in [3.63, 3.8) is 0 Å². The molecule has 6 heteroatoms. The molecule has 16 heavy (non-hydrogen) atoms. The molecule has 3 nitrogen and oxygen atoms in total. The molecule has 0 heterocycles. The van der Waals surface area contributed by atoms with Gasteiger partial charge in [0.1, 0.15) is 6.54 Å². The number of alkyl halides is 3. The Hall–Kier alpha value is -1.72. The number of carbonyl (C=O) groups excluding carboxylic acids is 1. The quantitative estimate of drug-likeness (QED) is 0.837. The number of hydrogen-bond donors (Lipinski definition) is 2. The lowest BCUT2D eigenvalue weighted by Crippen LogP contribution is -2.21. The number of nitrogens with one attached hydrogen (secondary N) is 2. The monoisotopic (exact) mass is 232 g/mol. The Balaban J connectivity index is 2.62. The molecule has 1 amide bonds. The van der Waals surface area contributed by atoms with Crippen molar-refractivity contribution in [2.24, 2.45) is 0 Å². The van der Waals surface area contributed by atoms with E-state index in [1.54, 1.807) is 0 Å². The van der Waals surface area contributed by atoms with Crippen molar-refractivity contribution < 1.29 is 18.0 Å². The average molecular weight is 232 g/mol. The van der Waals surface area contributed by atoms with E-state index in [1.807, 2.05) is 0 Å². The van der Waals surface area contributed by atoms with Crippen LogP contribution in [0.15, 0.2) is 24.3 Å². The Morgan fingerprint density at radius 3 is 2.25 bits per heavy atom. The minimum absolute atomic E-state index is 0.276. The van der Waals surface area contributed by atoms with Crippen LogP contribution in [0.25, 0.3) is 0 Å². The van der Waals surface area contributed by atoms with Gasteiger partial charge in [-0.2, -0.15) is 13.2 Å². The van der Waals surface area contributed by atoms with E-state index in [4.69, 9.17) is 0 Å². The van der Waals surface area contributed by atoms with Crippen molar-refractivity contribution in [2.75, 3.05) is 18.9 Å². The van der Waals surface area contributed by atoms with Gasteiger partial charge in [0, 0.05) is 18.3 Å². The van der Waals surface area contributed by atoms with Crippen LogP contribution in [0.2, 0.25) is 0 Å². The van der Waals surface area contributed by atoms with Crippen LogP contribution in [0.3, 0.4) is 0 Å². The molecule has 0 aromatic heterocycles. The zero-order valence-electron chi connectivity index (χ0n) is 8.56. The maximum Gasteiger partial charge on any atom is 0.405 e. The van der Waals surface area contributed by atoms with E-state index in [2.05, 4.69) is 10.6 Å². The molecule has 0 aliphatic rings. The summed E-state index contributed by atoms with van der Waals surface area (Å²) < 4.78 is 35.6. The van der Waals surface area contributed by atoms with Crippen LogP contribution in [0.4, 0.5) is 18.9 Å². The summed E-state index contributed by atoms with van der Waals surface area (Å²) in [6.45, 7) is -1.09. The highest BCUT2D eigenvalue weighted by molar-refractivity contribution is 5.94. The Morgan fingerprint density at radius 1 is 1.25 bits per heavy atom. The van der Waals surface area contributed by atoms with Gasteiger partial charge in [0.15, 0.2) is 0 Å². The van der Waals surface area contributed by atoms with Gasteiger partial charge >= 0.3 is 6.18 Å². The fraction of sp³-hybridized carbons (Fsp3) is 0.300. The number of amides is 1. The molecule has 1 rings (SSSR count). The predicted octanol–water partition coefficient (Wildman–Crippen LogP) is 2.02. The molecule has 1 aromatic carbocycles. The van der Waals surface area contributed by atoms with E-state index < -0.39 is 12.7 Å². The molecule has 0 bridgehead atoms. The summed E-state index contributed by atoms with van der Waals surface area (Å²) in [7, 11) is 1.48. The number of rotatable bonds is 3. The van der Waals surface area contributed by atoms with E-state index >= 15 is 0 Å². The topological polar surface area (TPSA) is 41.1 Å². The Kier molecular flexibility index (Phi) is 3.76. The first-order valence-electron chi connectivity index (χ1n) is 4.55. The summed E-state index contributed by atoms with van der Waals surface area (Å²) >= 11 is 0. The number of halogens is 3. The summed E-state index contributed by atoms with van der Waals surface area (Å²) in [5.41, 5.74) is 0.727. The highest BCUT2D eigenvalue weighted by Gasteiger charge is 2.26. The van der Waals surface area contributed by atoms with Gasteiger partial charge in [0.25, 0.3) is 5.91 Å². The summed E-state index contributed by atoms with van der Waals surface area (Å²) in [5, 5.41) is 4.63. The fourth-order valence-electron chi connectivity index (χ4n) is 1.09. The van der Waals surface area contributed by atoms with Gasteiger partial charge in [-0.3, -0.25) is 4.79 Å². The molecule has 0 aliphatic heterocycles. The Labute approximate surface area is 90.6 Å². The highest BCUT2D eigenvalue weighted by Crippen LogP contribution is 2.16. The summed E-state index contributed by atoms with van der Waals surface area (Å²) in [5.74, 6) is -0.276. The fourth-order valence-corrected chi connectivity index (χ4v) is 1.09. The van der Waals surface area contributed by atoms with Crippen molar-refractivity contribution in [3.8, 4) is 0 Å². The van der Waals surface area contributed by atoms with Gasteiger partial charge in [-0.05, 0) is 24.3 Å². The summed E-state index contributed by atoms with van der Waals surface area (Å²) in [6, 6.07) is 5.77. The lowest BCUT2D eigenvalue weighted by atomic mass is 10.2. The van der Waals surface area contributed by atoms with Crippen LogP contribution in [0, 0.1) is 0 Å². The van der Waals surface area contributed by atoms with Crippen molar-refractivity contribution in [1.82, 2.24) is 5.32 Å². The standard InChI is InChI=1S/C10H11F3N2O/c1-14-9(16)7-2-4-8(5-3-7)15-6-10(11,12)13/h2-5,15H,6H2,1H3,(H,14,16). The van der Waals surface area contributed by atoms with Gasteiger partial charge in [-0.1, -0.05) is 0 Å². The van der Waals surface area contributed by atoms with E-state index in [0.29, 0.717) is 11.3 Å². The second-order valence-electron chi connectivity index (χ2n) is 3.13. The van der Waals surface area contributed by atoms with Gasteiger partial charge in [0.05, 0.1) is 0 Å². The second-order valence-corrected chi connectivity index (χ2v) is 3.13. The van der Waals surface area contributed by atoms with Gasteiger partial charge in [-0.15, -0.1) is 0 Å². The maximum absolute atomic E-state index is 11.9. The zero-order chi connectivity index (χ0) is 12.2. The van der Waals surface area contributed by atoms with Gasteiger partial charge < -0.3 is 10.6 Å². The molecule has 0 radical (unpaired) electrons. The minimum atomic E-state index is -4.25. The largest absolute Gasteiger partial charge is 0.405 e. The molecule has 0 aliphatic carbocycles. The molecule has 2 N–H and O–H groups in total. The molecule has 0 saturated heterocycles. The van der Waals surface area contributed by atoms with Gasteiger partial charge in [0.2, 0.25) is 0 Å². The lowest BCUT2D eigenvalue weighted by Gasteiger charge is -2.09. The number of benzene rings is 1. The van der Waals surface area contributed by atoms with Crippen molar-refractivity contribution in [2.45, 2.75) is 6.18 Å². The first-order chi connectivity index (χ1) is 7.42. The summed E-state index contributed by atoms with van der Waals surface area (Å²) in [4.78, 5) is 11.1. The normalized spacial score (nSPS) is 11.0. The molecule has 0 spiro atoms. The molecule has 88 valence electrons. The van der Waals surface area contributed by atoms with E-state index in [1.165, 1.54) is 31.3 Å². The van der Waals surface area contributed by atoms with Crippen LogP contribution in [-0.4, -0.2) is 25.7 Å². The molecule has 0 unspecified atom stereocenters. The first-order valence-corrected chi connectivity index (χ1v) is 4.55. The Bertz CT molecular complexity index is 359. The first kappa shape index (κ1) is 12.4. The van der Waals surface area contributed by atoms with Crippen molar-refractivity contribution in [3.05, 3.63) is 29.8 Å². The zero-order valence-corrected chi connectivity index (χ0v) is 8.56. The molecule has 0 atom stereocenters. The van der Waals surface area contributed by atoms with Crippen molar-refractivity contribution >= 4 is 11.6 Å². The third-order valence-corrected chi connectivity index (χ3v) is 1.87. The second kappa shape index (κ2) is 4.87. The number of hydrogen-bond acceptors (Lipinski definition) is 2. The molecular weight excluding hydrogens is 221 g/mol. The highest BCUT2D eigenvalue weighted by atomic mass is 19.4. The molecule has 1 aromatic rings. The third kappa shape index (κ3) is 3.80. The Morgan fingerprint density at radius 2 is 1.81 bits per heavy atom. The van der Waals surface area contributed by atoms with Crippen LogP contribution in [-0.2, 0) is 0 Å². The SMILES string of the molecule is CNC(=O)c1ccc(NCC(F)(F)F)cc1. The lowest BCUT2D eigenvalue weighted by molar-refractivity contribution is -0.115. The predicted molar refractivity (Wildman–Crippen MR) is 54.4 cm³/mol. The van der Waals surface area contributed by atoms with Crippen LogP contribution >= 0.6 is 0 Å². The average Bonchev–Trinajstić information content (AvgIpc) is 2.25. The maximum atomic E-state index is 11.9. The van der Waals surface area contributed by atoms with Crippen LogP contribution in [0.5, 0.6) is 0 Å². The number of carbonyl (C=O) groups is 1.